The average molecular weight is 224 g/mol. The Bertz CT molecular complexity index is 256. The third-order valence-corrected chi connectivity index (χ3v) is 2.38. The number of carbonyl (C=O) groups is 1. The van der Waals surface area contributed by atoms with Gasteiger partial charge in [-0.25, -0.2) is 0 Å². The zero-order valence-electron chi connectivity index (χ0n) is 9.82. The van der Waals surface area contributed by atoms with Crippen LogP contribution in [0.25, 0.3) is 0 Å². The van der Waals surface area contributed by atoms with E-state index in [2.05, 4.69) is 10.2 Å². The van der Waals surface area contributed by atoms with E-state index in [1.54, 1.807) is 12.2 Å². The molecule has 1 aliphatic rings. The number of hydrogen-bond donors (Lipinski definition) is 1. The summed E-state index contributed by atoms with van der Waals surface area (Å²) in [6.45, 7) is 7.03. The highest BCUT2D eigenvalue weighted by molar-refractivity contribution is 5.87. The highest BCUT2D eigenvalue weighted by Gasteiger charge is 2.09. The number of nitrogens with zero attached hydrogens (tertiary/aromatic N) is 1. The van der Waals surface area contributed by atoms with Crippen LogP contribution in [-0.2, 0) is 9.53 Å². The van der Waals surface area contributed by atoms with Crippen LogP contribution in [0.2, 0.25) is 0 Å². The highest BCUT2D eigenvalue weighted by Crippen LogP contribution is 1.94. The van der Waals surface area contributed by atoms with Crippen molar-refractivity contribution < 1.29 is 9.53 Å². The van der Waals surface area contributed by atoms with Gasteiger partial charge in [-0.2, -0.15) is 0 Å². The molecule has 4 nitrogen and oxygen atoms in total. The van der Waals surface area contributed by atoms with E-state index in [-0.39, 0.29) is 5.91 Å². The van der Waals surface area contributed by atoms with E-state index in [1.165, 1.54) is 0 Å². The van der Waals surface area contributed by atoms with E-state index < -0.39 is 0 Å². The molecule has 16 heavy (non-hydrogen) atoms. The van der Waals surface area contributed by atoms with Crippen molar-refractivity contribution in [1.82, 2.24) is 10.2 Å². The second-order valence-electron chi connectivity index (χ2n) is 3.63. The maximum absolute atomic E-state index is 11.3. The van der Waals surface area contributed by atoms with Crippen LogP contribution in [-0.4, -0.2) is 50.2 Å². The fourth-order valence-corrected chi connectivity index (χ4v) is 1.47. The minimum Gasteiger partial charge on any atom is -0.379 e. The second-order valence-corrected chi connectivity index (χ2v) is 3.63. The van der Waals surface area contributed by atoms with Crippen LogP contribution in [0.15, 0.2) is 24.3 Å². The van der Waals surface area contributed by atoms with Gasteiger partial charge >= 0.3 is 0 Å². The zero-order valence-corrected chi connectivity index (χ0v) is 9.82. The van der Waals surface area contributed by atoms with Gasteiger partial charge in [-0.15, -0.1) is 0 Å². The molecule has 0 aromatic rings. The first-order chi connectivity index (χ1) is 7.83. The molecule has 1 amide bonds. The Morgan fingerprint density at radius 3 is 2.81 bits per heavy atom. The van der Waals surface area contributed by atoms with Gasteiger partial charge in [0.05, 0.1) is 13.2 Å². The van der Waals surface area contributed by atoms with Crippen molar-refractivity contribution >= 4 is 5.91 Å². The van der Waals surface area contributed by atoms with Gasteiger partial charge in [0.15, 0.2) is 0 Å². The van der Waals surface area contributed by atoms with Gasteiger partial charge < -0.3 is 10.1 Å². The third-order valence-electron chi connectivity index (χ3n) is 2.38. The van der Waals surface area contributed by atoms with Gasteiger partial charge in [0, 0.05) is 32.3 Å². The molecule has 0 atom stereocenters. The lowest BCUT2D eigenvalue weighted by Gasteiger charge is -2.26. The lowest BCUT2D eigenvalue weighted by atomic mass is 10.4. The summed E-state index contributed by atoms with van der Waals surface area (Å²) in [5.41, 5.74) is 0. The molecule has 90 valence electrons. The molecule has 1 saturated heterocycles. The molecule has 1 fully saturated rings. The Morgan fingerprint density at radius 2 is 2.12 bits per heavy atom. The van der Waals surface area contributed by atoms with E-state index in [0.717, 1.165) is 32.8 Å². The van der Waals surface area contributed by atoms with E-state index in [1.807, 2.05) is 19.1 Å². The summed E-state index contributed by atoms with van der Waals surface area (Å²) in [6.07, 6.45) is 7.00. The Kier molecular flexibility index (Phi) is 6.53. The fourth-order valence-electron chi connectivity index (χ4n) is 1.47. The number of carbonyl (C=O) groups excluding carboxylic acids is 1. The number of nitrogens with one attached hydrogen (secondary N) is 1. The standard InChI is InChI=1S/C12H20N2O2/c1-2-3-4-5-12(15)13-6-7-14-8-10-16-11-9-14/h2-5H,6-11H2,1H3,(H,13,15). The molecule has 0 aromatic carbocycles. The lowest BCUT2D eigenvalue weighted by molar-refractivity contribution is -0.116. The summed E-state index contributed by atoms with van der Waals surface area (Å²) < 4.78 is 5.24. The molecule has 0 spiro atoms. The highest BCUT2D eigenvalue weighted by atomic mass is 16.5. The molecule has 1 rings (SSSR count). The predicted molar refractivity (Wildman–Crippen MR) is 64.2 cm³/mol. The van der Waals surface area contributed by atoms with Crippen molar-refractivity contribution in [2.45, 2.75) is 6.92 Å². The van der Waals surface area contributed by atoms with E-state index in [9.17, 15) is 4.79 Å². The quantitative estimate of drug-likeness (QED) is 0.548. The van der Waals surface area contributed by atoms with Crippen LogP contribution in [0.5, 0.6) is 0 Å². The van der Waals surface area contributed by atoms with Crippen molar-refractivity contribution in [3.63, 3.8) is 0 Å². The SMILES string of the molecule is CC=CC=CC(=O)NCCN1CCOCC1. The van der Waals surface area contributed by atoms with E-state index >= 15 is 0 Å². The molecule has 0 radical (unpaired) electrons. The molecule has 0 aliphatic carbocycles. The normalized spacial score (nSPS) is 18.3. The molecule has 0 bridgehead atoms. The fraction of sp³-hybridized carbons (Fsp3) is 0.583. The Labute approximate surface area is 97.0 Å². The van der Waals surface area contributed by atoms with Gasteiger partial charge in [-0.3, -0.25) is 9.69 Å². The molecule has 1 heterocycles. The first-order valence-corrected chi connectivity index (χ1v) is 5.70. The van der Waals surface area contributed by atoms with Crippen molar-refractivity contribution in [2.24, 2.45) is 0 Å². The smallest absolute Gasteiger partial charge is 0.244 e. The Morgan fingerprint density at radius 1 is 1.38 bits per heavy atom. The molecule has 0 saturated carbocycles. The van der Waals surface area contributed by atoms with Crippen LogP contribution in [0, 0.1) is 0 Å². The summed E-state index contributed by atoms with van der Waals surface area (Å²) in [5, 5.41) is 2.85. The molecule has 1 N–H and O–H groups in total. The molecule has 0 unspecified atom stereocenters. The number of rotatable bonds is 5. The van der Waals surface area contributed by atoms with E-state index in [4.69, 9.17) is 4.74 Å². The number of amides is 1. The topological polar surface area (TPSA) is 41.6 Å². The van der Waals surface area contributed by atoms with E-state index in [0.29, 0.717) is 6.54 Å². The minimum atomic E-state index is -0.0358. The number of morpholine rings is 1. The number of allylic oxidation sites excluding steroid dienone is 3. The van der Waals surface area contributed by atoms with Crippen LogP contribution in [0.1, 0.15) is 6.92 Å². The molecule has 0 aromatic heterocycles. The first kappa shape index (κ1) is 12.9. The summed E-state index contributed by atoms with van der Waals surface area (Å²) in [6, 6.07) is 0. The zero-order chi connectivity index (χ0) is 11.6. The van der Waals surface area contributed by atoms with Gasteiger partial charge in [0.25, 0.3) is 0 Å². The minimum absolute atomic E-state index is 0.0358. The van der Waals surface area contributed by atoms with Crippen molar-refractivity contribution in [3.05, 3.63) is 24.3 Å². The van der Waals surface area contributed by atoms with Crippen LogP contribution >= 0.6 is 0 Å². The molecule has 1 aliphatic heterocycles. The maximum atomic E-state index is 11.3. The Hall–Kier alpha value is -1.13. The lowest BCUT2D eigenvalue weighted by Crippen LogP contribution is -2.41. The summed E-state index contributed by atoms with van der Waals surface area (Å²) in [4.78, 5) is 13.6. The number of ether oxygens (including phenoxy) is 1. The molecular formula is C12H20N2O2. The largest absolute Gasteiger partial charge is 0.379 e. The third kappa shape index (κ3) is 5.68. The maximum Gasteiger partial charge on any atom is 0.244 e. The van der Waals surface area contributed by atoms with Crippen molar-refractivity contribution in [2.75, 3.05) is 39.4 Å². The van der Waals surface area contributed by atoms with Crippen LogP contribution < -0.4 is 5.32 Å². The first-order valence-electron chi connectivity index (χ1n) is 5.70. The van der Waals surface area contributed by atoms with Crippen LogP contribution in [0.4, 0.5) is 0 Å². The van der Waals surface area contributed by atoms with Gasteiger partial charge in [0.1, 0.15) is 0 Å². The van der Waals surface area contributed by atoms with Gasteiger partial charge in [-0.05, 0) is 6.92 Å². The second kappa shape index (κ2) is 8.07. The van der Waals surface area contributed by atoms with Crippen LogP contribution in [0.3, 0.4) is 0 Å². The predicted octanol–water partition coefficient (Wildman–Crippen LogP) is 0.567. The summed E-state index contributed by atoms with van der Waals surface area (Å²) in [5.74, 6) is -0.0358. The van der Waals surface area contributed by atoms with Gasteiger partial charge in [0.2, 0.25) is 5.91 Å². The van der Waals surface area contributed by atoms with Gasteiger partial charge in [-0.1, -0.05) is 18.2 Å². The monoisotopic (exact) mass is 224 g/mol. The number of hydrogen-bond acceptors (Lipinski definition) is 3. The average Bonchev–Trinajstić information content (AvgIpc) is 2.31. The summed E-state index contributed by atoms with van der Waals surface area (Å²) >= 11 is 0. The summed E-state index contributed by atoms with van der Waals surface area (Å²) in [7, 11) is 0. The molecular weight excluding hydrogens is 204 g/mol. The van der Waals surface area contributed by atoms with Crippen molar-refractivity contribution in [3.8, 4) is 0 Å². The molecule has 4 heteroatoms. The Balaban J connectivity index is 2.07. The van der Waals surface area contributed by atoms with Crippen molar-refractivity contribution in [1.29, 1.82) is 0 Å².